The Hall–Kier alpha value is -2.24. The van der Waals surface area contributed by atoms with E-state index >= 15 is 0 Å². The monoisotopic (exact) mass is 370 g/mol. The zero-order valence-electron chi connectivity index (χ0n) is 14.9. The summed E-state index contributed by atoms with van der Waals surface area (Å²) >= 11 is 6.11. The molecule has 6 heteroatoms. The summed E-state index contributed by atoms with van der Waals surface area (Å²) in [6, 6.07) is 13.8. The number of rotatable bonds is 6. The van der Waals surface area contributed by atoms with Crippen LogP contribution in [0.5, 0.6) is 5.75 Å². The van der Waals surface area contributed by atoms with E-state index < -0.39 is 0 Å². The number of likely N-dealkylation sites (tertiary alicyclic amines) is 1. The van der Waals surface area contributed by atoms with Gasteiger partial charge in [0.25, 0.3) is 0 Å². The zero-order chi connectivity index (χ0) is 17.9. The van der Waals surface area contributed by atoms with Crippen molar-refractivity contribution in [1.82, 2.24) is 14.7 Å². The number of hydrogen-bond acceptors (Lipinski definition) is 4. The van der Waals surface area contributed by atoms with Gasteiger partial charge in [0.15, 0.2) is 5.82 Å². The van der Waals surface area contributed by atoms with E-state index in [1.807, 2.05) is 36.4 Å². The third-order valence-electron chi connectivity index (χ3n) is 4.87. The smallest absolute Gasteiger partial charge is 0.160 e. The SMILES string of the molecule is COc1ccc2c(c1)c(Nc1cccc(Cl)c1)nn2CCN1CCCC1. The van der Waals surface area contributed by atoms with Crippen LogP contribution in [0.25, 0.3) is 10.9 Å². The van der Waals surface area contributed by atoms with Crippen LogP contribution >= 0.6 is 11.6 Å². The Labute approximate surface area is 158 Å². The van der Waals surface area contributed by atoms with Crippen molar-refractivity contribution in [1.29, 1.82) is 0 Å². The average Bonchev–Trinajstić information content (AvgIpc) is 3.28. The highest BCUT2D eigenvalue weighted by Crippen LogP contribution is 2.30. The molecule has 0 spiro atoms. The lowest BCUT2D eigenvalue weighted by molar-refractivity contribution is 0.318. The van der Waals surface area contributed by atoms with E-state index in [2.05, 4.69) is 21.0 Å². The number of benzene rings is 2. The standard InChI is InChI=1S/C20H23ClN4O/c1-26-17-7-8-19-18(14-17)20(22-16-6-4-5-15(21)13-16)23-25(19)12-11-24-9-2-3-10-24/h4-8,13-14H,2-3,9-12H2,1H3,(H,22,23). The van der Waals surface area contributed by atoms with E-state index in [4.69, 9.17) is 21.4 Å². The molecule has 1 aliphatic heterocycles. The predicted octanol–water partition coefficient (Wildman–Crippen LogP) is 4.54. The van der Waals surface area contributed by atoms with Crippen LogP contribution in [-0.4, -0.2) is 41.4 Å². The molecular weight excluding hydrogens is 348 g/mol. The number of nitrogens with one attached hydrogen (secondary N) is 1. The number of methoxy groups -OCH3 is 1. The lowest BCUT2D eigenvalue weighted by atomic mass is 10.2. The second-order valence-corrected chi connectivity index (χ2v) is 7.08. The molecule has 0 unspecified atom stereocenters. The Morgan fingerprint density at radius 2 is 1.96 bits per heavy atom. The highest BCUT2D eigenvalue weighted by molar-refractivity contribution is 6.30. The molecule has 2 aromatic carbocycles. The molecule has 1 fully saturated rings. The quantitative estimate of drug-likeness (QED) is 0.691. The fourth-order valence-electron chi connectivity index (χ4n) is 3.49. The molecule has 3 aromatic rings. The van der Waals surface area contributed by atoms with Gasteiger partial charge in [-0.15, -0.1) is 0 Å². The summed E-state index contributed by atoms with van der Waals surface area (Å²) < 4.78 is 7.49. The maximum atomic E-state index is 6.11. The molecule has 1 N–H and O–H groups in total. The van der Waals surface area contributed by atoms with E-state index in [1.165, 1.54) is 25.9 Å². The lowest BCUT2D eigenvalue weighted by Crippen LogP contribution is -2.24. The summed E-state index contributed by atoms with van der Waals surface area (Å²) in [7, 11) is 1.68. The largest absolute Gasteiger partial charge is 0.497 e. The van der Waals surface area contributed by atoms with Crippen LogP contribution in [-0.2, 0) is 6.54 Å². The minimum absolute atomic E-state index is 0.699. The summed E-state index contributed by atoms with van der Waals surface area (Å²) in [4.78, 5) is 2.50. The second-order valence-electron chi connectivity index (χ2n) is 6.64. The third-order valence-corrected chi connectivity index (χ3v) is 5.11. The highest BCUT2D eigenvalue weighted by Gasteiger charge is 2.15. The van der Waals surface area contributed by atoms with Crippen molar-refractivity contribution in [2.75, 3.05) is 32.1 Å². The number of halogens is 1. The van der Waals surface area contributed by atoms with Crippen molar-refractivity contribution in [3.8, 4) is 5.75 Å². The number of nitrogens with zero attached hydrogens (tertiary/aromatic N) is 3. The summed E-state index contributed by atoms with van der Waals surface area (Å²) in [5, 5.41) is 9.98. The zero-order valence-corrected chi connectivity index (χ0v) is 15.7. The minimum atomic E-state index is 0.699. The molecular formula is C20H23ClN4O. The number of anilines is 2. The molecule has 1 saturated heterocycles. The first-order chi connectivity index (χ1) is 12.7. The summed E-state index contributed by atoms with van der Waals surface area (Å²) in [6.07, 6.45) is 2.61. The summed E-state index contributed by atoms with van der Waals surface area (Å²) in [5.41, 5.74) is 2.03. The normalized spacial score (nSPS) is 14.8. The number of fused-ring (bicyclic) bond motifs is 1. The van der Waals surface area contributed by atoms with E-state index in [0.717, 1.165) is 41.2 Å². The molecule has 26 heavy (non-hydrogen) atoms. The van der Waals surface area contributed by atoms with Crippen molar-refractivity contribution in [3.05, 3.63) is 47.5 Å². The topological polar surface area (TPSA) is 42.3 Å². The average molecular weight is 371 g/mol. The van der Waals surface area contributed by atoms with E-state index in [9.17, 15) is 0 Å². The number of hydrogen-bond donors (Lipinski definition) is 1. The van der Waals surface area contributed by atoms with Crippen LogP contribution < -0.4 is 10.1 Å². The molecule has 0 atom stereocenters. The molecule has 0 saturated carbocycles. The first-order valence-electron chi connectivity index (χ1n) is 9.02. The first kappa shape index (κ1) is 17.2. The van der Waals surface area contributed by atoms with E-state index in [0.29, 0.717) is 5.02 Å². The lowest BCUT2D eigenvalue weighted by Gasteiger charge is -2.14. The molecule has 5 nitrogen and oxygen atoms in total. The Morgan fingerprint density at radius 3 is 2.73 bits per heavy atom. The Bertz CT molecular complexity index is 902. The Morgan fingerprint density at radius 1 is 1.12 bits per heavy atom. The molecule has 0 amide bonds. The first-order valence-corrected chi connectivity index (χ1v) is 9.40. The van der Waals surface area contributed by atoms with Crippen molar-refractivity contribution >= 4 is 34.0 Å². The van der Waals surface area contributed by atoms with Crippen LogP contribution in [0, 0.1) is 0 Å². The second kappa shape index (κ2) is 7.56. The molecule has 0 bridgehead atoms. The number of aromatic nitrogens is 2. The van der Waals surface area contributed by atoms with Gasteiger partial charge in [0.05, 0.1) is 19.2 Å². The van der Waals surface area contributed by atoms with Crippen LogP contribution in [0.4, 0.5) is 11.5 Å². The van der Waals surface area contributed by atoms with Crippen LogP contribution in [0.2, 0.25) is 5.02 Å². The van der Waals surface area contributed by atoms with Gasteiger partial charge in [0.2, 0.25) is 0 Å². The van der Waals surface area contributed by atoms with Gasteiger partial charge < -0.3 is 15.0 Å². The van der Waals surface area contributed by atoms with Crippen molar-refractivity contribution in [2.45, 2.75) is 19.4 Å². The molecule has 1 aliphatic rings. The molecule has 0 radical (unpaired) electrons. The van der Waals surface area contributed by atoms with Crippen molar-refractivity contribution in [2.24, 2.45) is 0 Å². The Kier molecular flexibility index (Phi) is 5.00. The minimum Gasteiger partial charge on any atom is -0.497 e. The molecule has 136 valence electrons. The fraction of sp³-hybridized carbons (Fsp3) is 0.350. The van der Waals surface area contributed by atoms with E-state index in [-0.39, 0.29) is 0 Å². The van der Waals surface area contributed by atoms with Crippen molar-refractivity contribution in [3.63, 3.8) is 0 Å². The third kappa shape index (κ3) is 3.64. The van der Waals surface area contributed by atoms with Gasteiger partial charge in [-0.3, -0.25) is 4.68 Å². The van der Waals surface area contributed by atoms with Gasteiger partial charge in [0.1, 0.15) is 5.75 Å². The highest BCUT2D eigenvalue weighted by atomic mass is 35.5. The summed E-state index contributed by atoms with van der Waals surface area (Å²) in [6.45, 7) is 4.29. The van der Waals surface area contributed by atoms with Gasteiger partial charge in [-0.25, -0.2) is 0 Å². The van der Waals surface area contributed by atoms with Crippen LogP contribution in [0.1, 0.15) is 12.8 Å². The molecule has 0 aliphatic carbocycles. The Balaban J connectivity index is 1.65. The van der Waals surface area contributed by atoms with Gasteiger partial charge in [-0.05, 0) is 62.3 Å². The van der Waals surface area contributed by atoms with E-state index in [1.54, 1.807) is 7.11 Å². The maximum absolute atomic E-state index is 6.11. The summed E-state index contributed by atoms with van der Waals surface area (Å²) in [5.74, 6) is 1.65. The van der Waals surface area contributed by atoms with Crippen LogP contribution in [0.3, 0.4) is 0 Å². The maximum Gasteiger partial charge on any atom is 0.160 e. The predicted molar refractivity (Wildman–Crippen MR) is 107 cm³/mol. The number of ether oxygens (including phenoxy) is 1. The van der Waals surface area contributed by atoms with Gasteiger partial charge in [0, 0.05) is 22.6 Å². The van der Waals surface area contributed by atoms with Crippen LogP contribution in [0.15, 0.2) is 42.5 Å². The molecule has 1 aromatic heterocycles. The molecule has 2 heterocycles. The van der Waals surface area contributed by atoms with Gasteiger partial charge in [-0.1, -0.05) is 17.7 Å². The van der Waals surface area contributed by atoms with Gasteiger partial charge in [-0.2, -0.15) is 5.10 Å². The molecule has 4 rings (SSSR count). The van der Waals surface area contributed by atoms with Gasteiger partial charge >= 0.3 is 0 Å². The van der Waals surface area contributed by atoms with Crippen molar-refractivity contribution < 1.29 is 4.74 Å². The fourth-order valence-corrected chi connectivity index (χ4v) is 3.68.